The van der Waals surface area contributed by atoms with Gasteiger partial charge in [0, 0.05) is 6.42 Å². The predicted octanol–water partition coefficient (Wildman–Crippen LogP) is 0.825. The van der Waals surface area contributed by atoms with Gasteiger partial charge in [0.05, 0.1) is 0 Å². The monoisotopic (exact) mass is 115 g/mol. The van der Waals surface area contributed by atoms with Crippen LogP contribution in [0.2, 0.25) is 0 Å². The van der Waals surface area contributed by atoms with E-state index in [0.29, 0.717) is 6.42 Å². The molecule has 0 amide bonds. The summed E-state index contributed by atoms with van der Waals surface area (Å²) >= 11 is 0. The number of unbranched alkanes of at least 4 members (excludes halogenated alkanes) is 1. The second-order valence-corrected chi connectivity index (χ2v) is 1.06. The van der Waals surface area contributed by atoms with E-state index in [0.717, 1.165) is 19.0 Å². The minimum atomic E-state index is 0.708. The van der Waals surface area contributed by atoms with E-state index >= 15 is 0 Å². The van der Waals surface area contributed by atoms with E-state index in [1.807, 2.05) is 6.92 Å². The van der Waals surface area contributed by atoms with Gasteiger partial charge in [0.2, 0.25) is 0 Å². The van der Waals surface area contributed by atoms with Crippen LogP contribution in [-0.4, -0.2) is 11.4 Å². The molecule has 0 aromatic rings. The third-order valence-electron chi connectivity index (χ3n) is 0.407. The molecule has 0 aliphatic heterocycles. The van der Waals surface area contributed by atoms with Crippen molar-refractivity contribution in [2.75, 3.05) is 0 Å². The second-order valence-electron chi connectivity index (χ2n) is 1.06. The van der Waals surface area contributed by atoms with Crippen molar-refractivity contribution < 1.29 is 9.90 Å². The van der Waals surface area contributed by atoms with Gasteiger partial charge < -0.3 is 9.90 Å². The highest BCUT2D eigenvalue weighted by molar-refractivity contribution is 5.48. The van der Waals surface area contributed by atoms with Crippen molar-refractivity contribution in [2.24, 2.45) is 0 Å². The Labute approximate surface area is 48.6 Å². The van der Waals surface area contributed by atoms with Gasteiger partial charge in [-0.2, -0.15) is 5.26 Å². The van der Waals surface area contributed by atoms with Crippen LogP contribution in [-0.2, 0) is 4.79 Å². The number of carbonyl (C=O) groups is 1. The fourth-order valence-electron chi connectivity index (χ4n) is 0.118. The zero-order chi connectivity index (χ0) is 6.83. The van der Waals surface area contributed by atoms with E-state index in [-0.39, 0.29) is 0 Å². The Kier molecular flexibility index (Phi) is 21.0. The van der Waals surface area contributed by atoms with Crippen LogP contribution in [0.25, 0.3) is 0 Å². The Morgan fingerprint density at radius 2 is 2.25 bits per heavy atom. The summed E-state index contributed by atoms with van der Waals surface area (Å²) in [7, 11) is 0. The van der Waals surface area contributed by atoms with Gasteiger partial charge in [-0.15, -0.1) is 0 Å². The summed E-state index contributed by atoms with van der Waals surface area (Å²) in [6.45, 7) is 1.98. The van der Waals surface area contributed by atoms with E-state index in [2.05, 4.69) is 0 Å². The number of aldehydes is 1. The Morgan fingerprint density at radius 1 is 1.88 bits per heavy atom. The van der Waals surface area contributed by atoms with Crippen LogP contribution in [0, 0.1) is 11.5 Å². The van der Waals surface area contributed by atoms with Gasteiger partial charge in [-0.25, -0.2) is 0 Å². The zero-order valence-corrected chi connectivity index (χ0v) is 4.79. The fraction of sp³-hybridized carbons (Fsp3) is 0.600. The maximum absolute atomic E-state index is 9.40. The zero-order valence-electron chi connectivity index (χ0n) is 4.79. The van der Waals surface area contributed by atoms with Crippen molar-refractivity contribution in [3.05, 3.63) is 0 Å². The molecule has 0 aliphatic rings. The fourth-order valence-corrected chi connectivity index (χ4v) is 0.118. The van der Waals surface area contributed by atoms with Crippen molar-refractivity contribution in [3.63, 3.8) is 0 Å². The predicted molar refractivity (Wildman–Crippen MR) is 28.5 cm³/mol. The molecule has 8 heavy (non-hydrogen) atoms. The molecule has 0 atom stereocenters. The highest BCUT2D eigenvalue weighted by Gasteiger charge is 1.66. The Morgan fingerprint density at radius 3 is 2.25 bits per heavy atom. The molecule has 0 bridgehead atoms. The maximum atomic E-state index is 9.40. The smallest absolute Gasteiger partial charge is 0.283 e. The average molecular weight is 115 g/mol. The summed E-state index contributed by atoms with van der Waals surface area (Å²) < 4.78 is 0. The van der Waals surface area contributed by atoms with Crippen molar-refractivity contribution in [3.8, 4) is 6.26 Å². The standard InChI is InChI=1S/C4H8O.CHNO/c1-2-3-4-5;2-1-3/h4H,2-3H2,1H3;3H. The second kappa shape index (κ2) is 16.7. The Bertz CT molecular complexity index is 75.0. The lowest BCUT2D eigenvalue weighted by Crippen LogP contribution is -1.64. The number of carbonyl (C=O) groups excluding carboxylic acids is 1. The van der Waals surface area contributed by atoms with Crippen LogP contribution < -0.4 is 0 Å². The van der Waals surface area contributed by atoms with Crippen molar-refractivity contribution in [2.45, 2.75) is 19.8 Å². The molecule has 0 spiro atoms. The Balaban J connectivity index is 0. The lowest BCUT2D eigenvalue weighted by atomic mass is 10.4. The van der Waals surface area contributed by atoms with Gasteiger partial charge in [0.1, 0.15) is 6.29 Å². The summed E-state index contributed by atoms with van der Waals surface area (Å²) in [5, 5.41) is 13.8. The normalized spacial score (nSPS) is 5.50. The van der Waals surface area contributed by atoms with Crippen LogP contribution >= 0.6 is 0 Å². The SMILES string of the molecule is CCCC=O.N#CO. The topological polar surface area (TPSA) is 61.1 Å². The highest BCUT2D eigenvalue weighted by Crippen LogP contribution is 1.74. The number of aliphatic hydroxyl groups is 1. The summed E-state index contributed by atoms with van der Waals surface area (Å²) in [4.78, 5) is 9.40. The summed E-state index contributed by atoms with van der Waals surface area (Å²) in [6, 6.07) is 0. The van der Waals surface area contributed by atoms with Gasteiger partial charge in [-0.05, 0) is 6.42 Å². The Hall–Kier alpha value is -1.04. The maximum Gasteiger partial charge on any atom is 0.283 e. The first-order valence-corrected chi connectivity index (χ1v) is 2.30. The molecule has 0 fully saturated rings. The minimum Gasteiger partial charge on any atom is -0.443 e. The number of rotatable bonds is 2. The molecule has 3 heteroatoms. The summed E-state index contributed by atoms with van der Waals surface area (Å²) in [5.74, 6) is 0. The number of hydrogen-bond acceptors (Lipinski definition) is 3. The lowest BCUT2D eigenvalue weighted by molar-refractivity contribution is -0.107. The largest absolute Gasteiger partial charge is 0.443 e. The summed E-state index contributed by atoms with van der Waals surface area (Å²) in [5.41, 5.74) is 0. The molecule has 0 saturated heterocycles. The molecule has 0 unspecified atom stereocenters. The van der Waals surface area contributed by atoms with Gasteiger partial charge >= 0.3 is 0 Å². The molecule has 0 aliphatic carbocycles. The first-order valence-electron chi connectivity index (χ1n) is 2.30. The number of nitrogens with zero attached hydrogens (tertiary/aromatic N) is 1. The molecular formula is C5H9NO2. The molecule has 1 N–H and O–H groups in total. The van der Waals surface area contributed by atoms with Crippen molar-refractivity contribution >= 4 is 6.29 Å². The van der Waals surface area contributed by atoms with E-state index in [4.69, 9.17) is 10.4 Å². The molecule has 0 saturated carbocycles. The molecule has 0 rings (SSSR count). The first kappa shape index (κ1) is 10.0. The van der Waals surface area contributed by atoms with Crippen LogP contribution in [0.15, 0.2) is 0 Å². The van der Waals surface area contributed by atoms with Crippen molar-refractivity contribution in [1.29, 1.82) is 5.26 Å². The van der Waals surface area contributed by atoms with Gasteiger partial charge in [-0.1, -0.05) is 6.92 Å². The van der Waals surface area contributed by atoms with E-state index in [9.17, 15) is 4.79 Å². The average Bonchev–Trinajstić information content (AvgIpc) is 1.71. The van der Waals surface area contributed by atoms with Crippen LogP contribution in [0.4, 0.5) is 0 Å². The van der Waals surface area contributed by atoms with Crippen LogP contribution in [0.5, 0.6) is 0 Å². The molecule has 0 heterocycles. The molecule has 0 radical (unpaired) electrons. The van der Waals surface area contributed by atoms with E-state index in [1.165, 1.54) is 0 Å². The van der Waals surface area contributed by atoms with Gasteiger partial charge in [-0.3, -0.25) is 0 Å². The lowest BCUT2D eigenvalue weighted by Gasteiger charge is -1.68. The van der Waals surface area contributed by atoms with Gasteiger partial charge in [0.25, 0.3) is 6.26 Å². The summed E-state index contributed by atoms with van der Waals surface area (Å²) in [6.07, 6.45) is 3.36. The highest BCUT2D eigenvalue weighted by atomic mass is 16.2. The molecule has 0 aromatic carbocycles. The number of aliphatic hydroxyl groups excluding tert-OH is 1. The first-order chi connectivity index (χ1) is 3.83. The van der Waals surface area contributed by atoms with E-state index < -0.39 is 0 Å². The molecule has 0 aromatic heterocycles. The van der Waals surface area contributed by atoms with Gasteiger partial charge in [0.15, 0.2) is 0 Å². The third kappa shape index (κ3) is 84.4. The minimum absolute atomic E-state index is 0.708. The quantitative estimate of drug-likeness (QED) is 0.428. The number of hydrogen-bond donors (Lipinski definition) is 1. The molecule has 46 valence electrons. The van der Waals surface area contributed by atoms with Crippen LogP contribution in [0.3, 0.4) is 0 Å². The van der Waals surface area contributed by atoms with Crippen LogP contribution in [0.1, 0.15) is 19.8 Å². The van der Waals surface area contributed by atoms with Crippen molar-refractivity contribution in [1.82, 2.24) is 0 Å². The number of nitriles is 1. The third-order valence-corrected chi connectivity index (χ3v) is 0.407. The van der Waals surface area contributed by atoms with E-state index in [1.54, 1.807) is 0 Å². The molecule has 3 nitrogen and oxygen atoms in total. The molecular weight excluding hydrogens is 106 g/mol.